The van der Waals surface area contributed by atoms with Crippen LogP contribution in [0.3, 0.4) is 0 Å². The predicted octanol–water partition coefficient (Wildman–Crippen LogP) is 8.61. The van der Waals surface area contributed by atoms with Gasteiger partial charge >= 0.3 is 0 Å². The fourth-order valence-electron chi connectivity index (χ4n) is 13.3. The third kappa shape index (κ3) is 12.0. The summed E-state index contributed by atoms with van der Waals surface area (Å²) in [5.41, 5.74) is 6.61. The second-order valence-electron chi connectivity index (χ2n) is 23.3. The summed E-state index contributed by atoms with van der Waals surface area (Å²) < 4.78 is 147. The molecule has 0 saturated heterocycles. The van der Waals surface area contributed by atoms with Crippen LogP contribution in [0.25, 0.3) is 0 Å². The molecule has 20 nitrogen and oxygen atoms in total. The monoisotopic (exact) mass is 1170 g/mol. The standard InChI is InChI=1S/C33H50O16S4.C21H24O4/c1-31(2)26-18-28(47-8-5-12-50(34,35)36)25(22-46-11-15-53(43,44)45)16-23(26)20-33(31)21-24-17-29(48-9-6-13-51(37,38)39)30(19-27(24)32(33,3)4)49-10-7-14-52(40,41)42;1-19(2)13-7-17(24)15(22)5-11(13)9-21(19)10-12-6-16(23)18(25)8-14(12)20(21,3)4/h16-19,34-36H,5-15,20-22H2,1-4H3,(H,37,38,39)(H,40,41,42)(H,43,44,45);5-8,22-25H,9-10H2,1-4H3. The first-order valence-corrected chi connectivity index (χ1v) is 32.0. The number of hydrogen-bond donors (Lipinski definition) is 10. The molecule has 0 aromatic heterocycles. The van der Waals surface area contributed by atoms with Crippen molar-refractivity contribution in [3.05, 3.63) is 98.6 Å². The van der Waals surface area contributed by atoms with Gasteiger partial charge in [-0.2, -0.15) is 25.3 Å². The molecule has 0 aliphatic heterocycles. The van der Waals surface area contributed by atoms with E-state index in [-0.39, 0.29) is 97.3 Å². The number of hydrogen-bond acceptors (Lipinski definition) is 17. The van der Waals surface area contributed by atoms with Gasteiger partial charge in [0, 0.05) is 11.3 Å². The molecule has 0 radical (unpaired) electrons. The molecule has 1 atom stereocenters. The topological polar surface area (TPSA) is 342 Å². The lowest BCUT2D eigenvalue weighted by atomic mass is 9.54. The van der Waals surface area contributed by atoms with Crippen LogP contribution in [0.2, 0.25) is 0 Å². The molecule has 10 N–H and O–H groups in total. The Hall–Kier alpha value is -4.60. The Balaban J connectivity index is 0.000000291. The molecule has 1 unspecified atom stereocenters. The third-order valence-electron chi connectivity index (χ3n) is 17.5. The summed E-state index contributed by atoms with van der Waals surface area (Å²) in [6.07, 6.45) is 2.88. The number of benzene rings is 4. The zero-order chi connectivity index (χ0) is 58.0. The Kier molecular flexibility index (Phi) is 16.7. The van der Waals surface area contributed by atoms with E-state index < -0.39 is 74.7 Å². The lowest BCUT2D eigenvalue weighted by molar-refractivity contribution is 0.0848. The fraction of sp³-hybridized carbons (Fsp3) is 0.556. The van der Waals surface area contributed by atoms with Crippen LogP contribution in [0, 0.1) is 10.8 Å². The van der Waals surface area contributed by atoms with Crippen LogP contribution in [0.15, 0.2) is 48.5 Å². The molecule has 0 bridgehead atoms. The first kappa shape index (κ1) is 61.0. The van der Waals surface area contributed by atoms with Crippen LogP contribution in [0.5, 0.6) is 40.2 Å². The normalized spacial score (nSPS) is 20.1. The van der Waals surface area contributed by atoms with Gasteiger partial charge in [-0.25, -0.2) is 0 Å². The van der Waals surface area contributed by atoms with Crippen molar-refractivity contribution in [2.75, 3.05) is 49.4 Å². The van der Waals surface area contributed by atoms with Gasteiger partial charge in [0.25, 0.3) is 30.4 Å². The minimum absolute atomic E-state index is 0.00207. The van der Waals surface area contributed by atoms with Crippen molar-refractivity contribution in [2.24, 2.45) is 10.8 Å². The molecule has 4 aliphatic rings. The molecule has 24 heteroatoms. The smallest absolute Gasteiger partial charge is 0.267 e. The Morgan fingerprint density at radius 3 is 1.12 bits per heavy atom. The maximum absolute atomic E-state index is 11.3. The van der Waals surface area contributed by atoms with Gasteiger partial charge in [0.2, 0.25) is 0 Å². The summed E-state index contributed by atoms with van der Waals surface area (Å²) in [4.78, 5) is 0. The quantitative estimate of drug-likeness (QED) is 0.0225. The maximum atomic E-state index is 11.3. The summed E-state index contributed by atoms with van der Waals surface area (Å²) in [5, 5.41) is 39.9. The molecule has 4 aromatic rings. The first-order chi connectivity index (χ1) is 35.8. The highest BCUT2D eigenvalue weighted by Gasteiger charge is 2.65. The summed E-state index contributed by atoms with van der Waals surface area (Å²) in [6.45, 7) is 16.9. The molecule has 4 aliphatic carbocycles. The van der Waals surface area contributed by atoms with E-state index in [4.69, 9.17) is 32.6 Å². The van der Waals surface area contributed by atoms with Gasteiger partial charge in [0.15, 0.2) is 34.5 Å². The van der Waals surface area contributed by atoms with E-state index in [1.165, 1.54) is 0 Å². The highest BCUT2D eigenvalue weighted by Crippen LogP contribution is 2.69. The van der Waals surface area contributed by atoms with Crippen molar-refractivity contribution in [1.29, 1.82) is 0 Å². The number of ether oxygens (including phenoxy) is 4. The van der Waals surface area contributed by atoms with Gasteiger partial charge < -0.3 is 53.0 Å². The molecule has 434 valence electrons. The number of aromatic hydroxyl groups is 4. The van der Waals surface area contributed by atoms with E-state index in [0.717, 1.165) is 57.3 Å². The minimum Gasteiger partial charge on any atom is -0.504 e. The number of phenolic OH excluding ortho intramolecular Hbond substituents is 4. The maximum Gasteiger partial charge on any atom is 0.267 e. The lowest BCUT2D eigenvalue weighted by Crippen LogP contribution is -2.49. The van der Waals surface area contributed by atoms with Crippen LogP contribution in [-0.2, 0) is 89.0 Å². The van der Waals surface area contributed by atoms with E-state index in [0.29, 0.717) is 35.7 Å². The van der Waals surface area contributed by atoms with E-state index in [9.17, 15) is 59.3 Å². The molecule has 4 aromatic carbocycles. The molecule has 8 rings (SSSR count). The van der Waals surface area contributed by atoms with Crippen molar-refractivity contribution in [2.45, 2.75) is 129 Å². The van der Waals surface area contributed by atoms with E-state index >= 15 is 0 Å². The van der Waals surface area contributed by atoms with E-state index in [1.54, 1.807) is 24.3 Å². The van der Waals surface area contributed by atoms with Crippen molar-refractivity contribution < 1.29 is 91.9 Å². The van der Waals surface area contributed by atoms with Crippen molar-refractivity contribution in [1.82, 2.24) is 0 Å². The molecule has 0 saturated carbocycles. The Morgan fingerprint density at radius 1 is 0.397 bits per heavy atom. The molecule has 0 heterocycles. The SMILES string of the molecule is CC1(C)c2cc(O)c(O)cc2CC12Cc1cc(O)c(O)cc1C2(C)C.CC1(C)c2cc(OCCCS(O)(O)O)c(COCCS(=O)(=O)O)cc2CC12Cc1cc(OCCCS(=O)(=O)O)c(OCCCS(=O)(=O)O)cc1C2(C)C. The van der Waals surface area contributed by atoms with Crippen molar-refractivity contribution in [3.63, 3.8) is 0 Å². The van der Waals surface area contributed by atoms with Crippen molar-refractivity contribution in [3.8, 4) is 40.2 Å². The van der Waals surface area contributed by atoms with Gasteiger partial charge in [-0.3, -0.25) is 13.7 Å². The molecule has 78 heavy (non-hydrogen) atoms. The van der Waals surface area contributed by atoms with Crippen LogP contribution in [0.1, 0.15) is 125 Å². The Morgan fingerprint density at radius 2 is 0.718 bits per heavy atom. The zero-order valence-electron chi connectivity index (χ0n) is 45.1. The van der Waals surface area contributed by atoms with E-state index in [1.807, 2.05) is 24.3 Å². The second-order valence-corrected chi connectivity index (χ2v) is 29.7. The number of phenols is 4. The number of fused-ring (bicyclic) bond motifs is 4. The Bertz CT molecular complexity index is 3210. The van der Waals surface area contributed by atoms with Gasteiger partial charge in [-0.1, -0.05) is 55.4 Å². The summed E-state index contributed by atoms with van der Waals surface area (Å²) in [7, 11) is -16.4. The van der Waals surface area contributed by atoms with Crippen LogP contribution in [0.4, 0.5) is 0 Å². The summed E-state index contributed by atoms with van der Waals surface area (Å²) in [5.74, 6) is -1.18. The predicted molar refractivity (Wildman–Crippen MR) is 294 cm³/mol. The van der Waals surface area contributed by atoms with E-state index in [2.05, 4.69) is 55.4 Å². The first-order valence-electron chi connectivity index (χ1n) is 25.5. The molecule has 0 amide bonds. The molecule has 2 spiro atoms. The lowest BCUT2D eigenvalue weighted by Gasteiger charge is -2.49. The average Bonchev–Trinajstić information content (AvgIpc) is 4.03. The van der Waals surface area contributed by atoms with Crippen LogP contribution < -0.4 is 14.2 Å². The largest absolute Gasteiger partial charge is 0.504 e. The summed E-state index contributed by atoms with van der Waals surface area (Å²) in [6, 6.07) is 14.3. The molecule has 0 fully saturated rings. The van der Waals surface area contributed by atoms with Gasteiger partial charge in [-0.15, -0.1) is 0 Å². The molecular formula is C54H74O20S4. The highest BCUT2D eigenvalue weighted by molar-refractivity contribution is 8.19. The van der Waals surface area contributed by atoms with Gasteiger partial charge in [0.1, 0.15) is 5.75 Å². The van der Waals surface area contributed by atoms with Crippen LogP contribution >= 0.6 is 10.9 Å². The zero-order valence-corrected chi connectivity index (χ0v) is 48.4. The molecular weight excluding hydrogens is 1100 g/mol. The minimum atomic E-state index is -4.24. The van der Waals surface area contributed by atoms with Gasteiger partial charge in [-0.05, 0) is 170 Å². The second kappa shape index (κ2) is 21.4. The van der Waals surface area contributed by atoms with Crippen molar-refractivity contribution >= 4 is 41.2 Å². The highest BCUT2D eigenvalue weighted by atomic mass is 32.3. The average molecular weight is 1170 g/mol. The third-order valence-corrected chi connectivity index (χ3v) is 20.6. The van der Waals surface area contributed by atoms with Gasteiger partial charge in [0.05, 0.1) is 61.2 Å². The van der Waals surface area contributed by atoms with Crippen LogP contribution in [-0.4, -0.2) is 122 Å². The summed E-state index contributed by atoms with van der Waals surface area (Å²) >= 11 is 0. The number of rotatable bonds is 20. The Labute approximate surface area is 458 Å². The fourth-order valence-corrected chi connectivity index (χ4v) is 15.1.